The summed E-state index contributed by atoms with van der Waals surface area (Å²) in [6.07, 6.45) is 0. The van der Waals surface area contributed by atoms with Gasteiger partial charge in [-0.2, -0.15) is 0 Å². The molecule has 4 heteroatoms. The Labute approximate surface area is 98.4 Å². The van der Waals surface area contributed by atoms with Crippen LogP contribution in [0.2, 0.25) is 0 Å². The van der Waals surface area contributed by atoms with Crippen LogP contribution in [0.15, 0.2) is 9.85 Å². The van der Waals surface area contributed by atoms with Crippen LogP contribution in [0, 0.1) is 6.92 Å². The number of nitrogens with zero attached hydrogens (tertiary/aromatic N) is 1. The van der Waals surface area contributed by atoms with Gasteiger partial charge in [-0.15, -0.1) is 11.3 Å². The summed E-state index contributed by atoms with van der Waals surface area (Å²) in [6, 6.07) is 2.23. The fourth-order valence-electron chi connectivity index (χ4n) is 1.12. The summed E-state index contributed by atoms with van der Waals surface area (Å²) < 4.78 is 1.25. The number of hydrogen-bond donors (Lipinski definition) is 1. The van der Waals surface area contributed by atoms with Crippen molar-refractivity contribution in [3.8, 4) is 0 Å². The molecule has 0 aromatic carbocycles. The van der Waals surface area contributed by atoms with Crippen molar-refractivity contribution in [3.05, 3.63) is 20.3 Å². The van der Waals surface area contributed by atoms with Gasteiger partial charge in [-0.05, 0) is 48.6 Å². The fourth-order valence-corrected chi connectivity index (χ4v) is 2.72. The third-order valence-corrected chi connectivity index (χ3v) is 4.08. The summed E-state index contributed by atoms with van der Waals surface area (Å²) in [7, 11) is 4.18. The van der Waals surface area contributed by atoms with Crippen molar-refractivity contribution in [2.75, 3.05) is 27.2 Å². The molecule has 2 nitrogen and oxygen atoms in total. The maximum Gasteiger partial charge on any atom is 0.0730 e. The number of halogens is 1. The second-order valence-electron chi connectivity index (χ2n) is 3.65. The minimum Gasteiger partial charge on any atom is -0.311 e. The third-order valence-electron chi connectivity index (χ3n) is 1.94. The van der Waals surface area contributed by atoms with Crippen molar-refractivity contribution in [2.45, 2.75) is 13.5 Å². The lowest BCUT2D eigenvalue weighted by Gasteiger charge is -2.09. The van der Waals surface area contributed by atoms with Crippen molar-refractivity contribution in [1.29, 1.82) is 0 Å². The van der Waals surface area contributed by atoms with Gasteiger partial charge in [0.15, 0.2) is 0 Å². The molecule has 1 N–H and O–H groups in total. The Morgan fingerprint density at radius 1 is 1.50 bits per heavy atom. The van der Waals surface area contributed by atoms with Crippen LogP contribution in [0.1, 0.15) is 10.4 Å². The lowest BCUT2D eigenvalue weighted by molar-refractivity contribution is 0.400. The highest BCUT2D eigenvalue weighted by atomic mass is 79.9. The first-order valence-corrected chi connectivity index (χ1v) is 6.31. The Morgan fingerprint density at radius 2 is 2.21 bits per heavy atom. The van der Waals surface area contributed by atoms with Crippen molar-refractivity contribution in [2.24, 2.45) is 0 Å². The molecule has 1 rings (SSSR count). The van der Waals surface area contributed by atoms with Crippen molar-refractivity contribution >= 4 is 27.3 Å². The predicted molar refractivity (Wildman–Crippen MR) is 67.0 cm³/mol. The lowest BCUT2D eigenvalue weighted by atomic mass is 10.3. The standard InChI is InChI=1S/C10H17BrN2S/c1-8-6-9(14-10(8)11)7-12-4-5-13(2)3/h6,12H,4-5,7H2,1-3H3. The van der Waals surface area contributed by atoms with Crippen LogP contribution < -0.4 is 5.32 Å². The molecule has 0 aliphatic carbocycles. The fraction of sp³-hybridized carbons (Fsp3) is 0.600. The normalized spacial score (nSPS) is 11.2. The van der Waals surface area contributed by atoms with Gasteiger partial charge in [0, 0.05) is 24.5 Å². The van der Waals surface area contributed by atoms with E-state index in [1.165, 1.54) is 14.2 Å². The molecule has 0 saturated carbocycles. The molecular formula is C10H17BrN2S. The van der Waals surface area contributed by atoms with Crippen LogP contribution >= 0.6 is 27.3 Å². The maximum absolute atomic E-state index is 3.53. The number of aryl methyl sites for hydroxylation is 1. The van der Waals surface area contributed by atoms with Gasteiger partial charge in [-0.3, -0.25) is 0 Å². The highest BCUT2D eigenvalue weighted by Gasteiger charge is 2.01. The smallest absolute Gasteiger partial charge is 0.0730 e. The molecule has 0 aliphatic rings. The molecule has 0 radical (unpaired) electrons. The monoisotopic (exact) mass is 276 g/mol. The second kappa shape index (κ2) is 5.85. The molecule has 0 aliphatic heterocycles. The van der Waals surface area contributed by atoms with Crippen molar-refractivity contribution in [1.82, 2.24) is 10.2 Å². The summed E-state index contributed by atoms with van der Waals surface area (Å²) in [5.41, 5.74) is 1.33. The molecule has 0 atom stereocenters. The average Bonchev–Trinajstić information content (AvgIpc) is 2.40. The molecule has 0 saturated heterocycles. The molecule has 0 amide bonds. The molecule has 14 heavy (non-hydrogen) atoms. The summed E-state index contributed by atoms with van der Waals surface area (Å²) in [5.74, 6) is 0. The number of hydrogen-bond acceptors (Lipinski definition) is 3. The van der Waals surface area contributed by atoms with Gasteiger partial charge >= 0.3 is 0 Å². The van der Waals surface area contributed by atoms with Crippen molar-refractivity contribution < 1.29 is 0 Å². The van der Waals surface area contributed by atoms with Gasteiger partial charge in [-0.1, -0.05) is 0 Å². The Hall–Kier alpha value is 0.100. The zero-order chi connectivity index (χ0) is 10.6. The summed E-state index contributed by atoms with van der Waals surface area (Å²) in [6.45, 7) is 5.24. The molecule has 0 spiro atoms. The Balaban J connectivity index is 2.25. The van der Waals surface area contributed by atoms with Gasteiger partial charge in [0.2, 0.25) is 0 Å². The highest BCUT2D eigenvalue weighted by molar-refractivity contribution is 9.11. The van der Waals surface area contributed by atoms with Crippen LogP contribution in [0.25, 0.3) is 0 Å². The SMILES string of the molecule is Cc1cc(CNCCN(C)C)sc1Br. The van der Waals surface area contributed by atoms with E-state index in [0.29, 0.717) is 0 Å². The third kappa shape index (κ3) is 4.09. The van der Waals surface area contributed by atoms with Gasteiger partial charge < -0.3 is 10.2 Å². The number of nitrogens with one attached hydrogen (secondary N) is 1. The van der Waals surface area contributed by atoms with Gasteiger partial charge in [0.05, 0.1) is 3.79 Å². The molecule has 80 valence electrons. The molecule has 0 bridgehead atoms. The Bertz CT molecular complexity index is 264. The Morgan fingerprint density at radius 3 is 2.71 bits per heavy atom. The van der Waals surface area contributed by atoms with Crippen molar-refractivity contribution in [3.63, 3.8) is 0 Å². The zero-order valence-electron chi connectivity index (χ0n) is 8.93. The first-order chi connectivity index (χ1) is 6.59. The summed E-state index contributed by atoms with van der Waals surface area (Å²) in [4.78, 5) is 3.58. The molecule has 1 heterocycles. The van der Waals surface area contributed by atoms with E-state index in [-0.39, 0.29) is 0 Å². The van der Waals surface area contributed by atoms with E-state index in [0.717, 1.165) is 19.6 Å². The topological polar surface area (TPSA) is 15.3 Å². The van der Waals surface area contributed by atoms with Crippen LogP contribution in [-0.4, -0.2) is 32.1 Å². The van der Waals surface area contributed by atoms with E-state index in [9.17, 15) is 0 Å². The quantitative estimate of drug-likeness (QED) is 0.832. The largest absolute Gasteiger partial charge is 0.311 e. The van der Waals surface area contributed by atoms with Gasteiger partial charge in [-0.25, -0.2) is 0 Å². The number of likely N-dealkylation sites (N-methyl/N-ethyl adjacent to an activating group) is 1. The summed E-state index contributed by atoms with van der Waals surface area (Å²) >= 11 is 5.34. The van der Waals surface area contributed by atoms with Crippen LogP contribution in [0.4, 0.5) is 0 Å². The zero-order valence-corrected chi connectivity index (χ0v) is 11.3. The lowest BCUT2D eigenvalue weighted by Crippen LogP contribution is -2.25. The predicted octanol–water partition coefficient (Wildman–Crippen LogP) is 2.47. The minimum absolute atomic E-state index is 0.977. The first-order valence-electron chi connectivity index (χ1n) is 4.70. The van der Waals surface area contributed by atoms with E-state index in [2.05, 4.69) is 53.2 Å². The van der Waals surface area contributed by atoms with Gasteiger partial charge in [0.1, 0.15) is 0 Å². The molecule has 1 aromatic heterocycles. The van der Waals surface area contributed by atoms with Gasteiger partial charge in [0.25, 0.3) is 0 Å². The van der Waals surface area contributed by atoms with Crippen LogP contribution in [-0.2, 0) is 6.54 Å². The van der Waals surface area contributed by atoms with E-state index in [1.54, 1.807) is 0 Å². The van der Waals surface area contributed by atoms with E-state index in [4.69, 9.17) is 0 Å². The number of rotatable bonds is 5. The second-order valence-corrected chi connectivity index (χ2v) is 6.10. The minimum atomic E-state index is 0.977. The van der Waals surface area contributed by atoms with Crippen LogP contribution in [0.3, 0.4) is 0 Å². The van der Waals surface area contributed by atoms with E-state index in [1.807, 2.05) is 11.3 Å². The molecule has 0 fully saturated rings. The maximum atomic E-state index is 3.53. The van der Waals surface area contributed by atoms with E-state index >= 15 is 0 Å². The Kier molecular flexibility index (Phi) is 5.09. The highest BCUT2D eigenvalue weighted by Crippen LogP contribution is 2.26. The molecular weight excluding hydrogens is 260 g/mol. The first kappa shape index (κ1) is 12.2. The van der Waals surface area contributed by atoms with Crippen LogP contribution in [0.5, 0.6) is 0 Å². The average molecular weight is 277 g/mol. The molecule has 0 unspecified atom stereocenters. The van der Waals surface area contributed by atoms with E-state index < -0.39 is 0 Å². The molecule has 1 aromatic rings. The number of thiophene rings is 1. The summed E-state index contributed by atoms with van der Waals surface area (Å²) in [5, 5.41) is 3.42.